The van der Waals surface area contributed by atoms with Crippen molar-refractivity contribution in [3.8, 4) is 0 Å². The standard InChI is InChI=1S/C21H18ClN5O3S2/c1-27-16-8-4-2-6-13(16)18(14-7-3-5-9-17(14)32(27)30)24-21(31)26-25-19-15(22)10-12(11-23-19)20(28)29/h2-11,18H,1H3,(H,23,25)(H,28,29)(H2,24,26,31). The van der Waals surface area contributed by atoms with Crippen molar-refractivity contribution in [1.29, 1.82) is 0 Å². The Balaban J connectivity index is 1.59. The fourth-order valence-electron chi connectivity index (χ4n) is 3.39. The molecule has 11 heteroatoms. The molecule has 0 amide bonds. The average molecular weight is 488 g/mol. The molecule has 8 nitrogen and oxygen atoms in total. The fourth-order valence-corrected chi connectivity index (χ4v) is 4.99. The number of benzene rings is 2. The topological polar surface area (TPSA) is 107 Å². The fraction of sp³-hybridized carbons (Fsp3) is 0.0952. The lowest BCUT2D eigenvalue weighted by Gasteiger charge is -2.23. The number of thiocarbonyl (C=S) groups is 1. The van der Waals surface area contributed by atoms with Gasteiger partial charge in [0.2, 0.25) is 0 Å². The maximum atomic E-state index is 13.1. The number of halogens is 1. The minimum absolute atomic E-state index is 0.0231. The van der Waals surface area contributed by atoms with Crippen molar-refractivity contribution in [2.24, 2.45) is 0 Å². The molecule has 0 bridgehead atoms. The first-order valence-corrected chi connectivity index (χ1v) is 11.3. The van der Waals surface area contributed by atoms with E-state index >= 15 is 0 Å². The average Bonchev–Trinajstić information content (AvgIpc) is 2.88. The van der Waals surface area contributed by atoms with E-state index in [-0.39, 0.29) is 27.6 Å². The molecular formula is C21H18ClN5O3S2. The van der Waals surface area contributed by atoms with E-state index in [2.05, 4.69) is 21.2 Å². The van der Waals surface area contributed by atoms with E-state index in [9.17, 15) is 9.00 Å². The second-order valence-electron chi connectivity index (χ2n) is 6.86. The van der Waals surface area contributed by atoms with Crippen LogP contribution in [0.5, 0.6) is 0 Å². The number of para-hydroxylation sites is 1. The highest BCUT2D eigenvalue weighted by atomic mass is 35.5. The van der Waals surface area contributed by atoms with Gasteiger partial charge in [-0.1, -0.05) is 48.0 Å². The minimum Gasteiger partial charge on any atom is -0.478 e. The minimum atomic E-state index is -1.38. The SMILES string of the molecule is CN1c2ccccc2C(NC(=S)NNc2ncc(C(=O)O)cc2Cl)c2ccccc2S1=O. The van der Waals surface area contributed by atoms with Gasteiger partial charge in [-0.05, 0) is 36.0 Å². The third kappa shape index (κ3) is 4.24. The molecular weight excluding hydrogens is 470 g/mol. The van der Waals surface area contributed by atoms with Crippen LogP contribution in [0.4, 0.5) is 11.5 Å². The quantitative estimate of drug-likeness (QED) is 0.327. The normalized spacial score (nSPS) is 16.9. The smallest absolute Gasteiger partial charge is 0.337 e. The summed E-state index contributed by atoms with van der Waals surface area (Å²) in [6, 6.07) is 16.1. The number of carboxylic acid groups (broad SMARTS) is 1. The van der Waals surface area contributed by atoms with Crippen LogP contribution >= 0.6 is 23.8 Å². The largest absolute Gasteiger partial charge is 0.478 e. The van der Waals surface area contributed by atoms with Crippen molar-refractivity contribution >= 4 is 57.4 Å². The number of nitrogens with one attached hydrogen (secondary N) is 3. The molecule has 0 saturated carbocycles. The Labute approximate surface area is 197 Å². The molecule has 0 aliphatic carbocycles. The van der Waals surface area contributed by atoms with Gasteiger partial charge in [-0.25, -0.2) is 14.0 Å². The van der Waals surface area contributed by atoms with Gasteiger partial charge in [0.1, 0.15) is 0 Å². The number of pyridine rings is 1. The summed E-state index contributed by atoms with van der Waals surface area (Å²) < 4.78 is 14.9. The molecule has 2 atom stereocenters. The molecule has 4 N–H and O–H groups in total. The van der Waals surface area contributed by atoms with E-state index in [0.29, 0.717) is 4.90 Å². The second-order valence-corrected chi connectivity index (χ2v) is 9.16. The zero-order valence-corrected chi connectivity index (χ0v) is 19.1. The van der Waals surface area contributed by atoms with Crippen LogP contribution in [-0.2, 0) is 11.0 Å². The molecule has 0 fully saturated rings. The van der Waals surface area contributed by atoms with Gasteiger partial charge in [-0.2, -0.15) is 0 Å². The van der Waals surface area contributed by atoms with Gasteiger partial charge in [0.15, 0.2) is 21.9 Å². The van der Waals surface area contributed by atoms with E-state index in [1.54, 1.807) is 11.4 Å². The summed E-state index contributed by atoms with van der Waals surface area (Å²) in [5.74, 6) is -0.896. The maximum Gasteiger partial charge on any atom is 0.337 e. The number of hydrogen-bond acceptors (Lipinski definition) is 5. The predicted molar refractivity (Wildman–Crippen MR) is 128 cm³/mol. The van der Waals surface area contributed by atoms with Crippen molar-refractivity contribution in [3.05, 3.63) is 82.5 Å². The molecule has 3 aromatic rings. The van der Waals surface area contributed by atoms with Crippen LogP contribution in [0.25, 0.3) is 0 Å². The number of anilines is 2. The van der Waals surface area contributed by atoms with E-state index < -0.39 is 17.0 Å². The first-order valence-electron chi connectivity index (χ1n) is 9.41. The summed E-state index contributed by atoms with van der Waals surface area (Å²) in [4.78, 5) is 15.7. The van der Waals surface area contributed by atoms with Gasteiger partial charge in [-0.3, -0.25) is 15.2 Å². The summed E-state index contributed by atoms with van der Waals surface area (Å²) in [7, 11) is 0.414. The first-order chi connectivity index (χ1) is 15.4. The Hall–Kier alpha value is -3.21. The lowest BCUT2D eigenvalue weighted by Crippen LogP contribution is -2.41. The van der Waals surface area contributed by atoms with Gasteiger partial charge in [-0.15, -0.1) is 0 Å². The highest BCUT2D eigenvalue weighted by Crippen LogP contribution is 2.38. The lowest BCUT2D eigenvalue weighted by atomic mass is 9.97. The van der Waals surface area contributed by atoms with Crippen molar-refractivity contribution in [1.82, 2.24) is 15.7 Å². The molecule has 2 unspecified atom stereocenters. The summed E-state index contributed by atoms with van der Waals surface area (Å²) in [5, 5.41) is 12.7. The molecule has 32 heavy (non-hydrogen) atoms. The van der Waals surface area contributed by atoms with Gasteiger partial charge in [0, 0.05) is 18.8 Å². The predicted octanol–water partition coefficient (Wildman–Crippen LogP) is 3.49. The van der Waals surface area contributed by atoms with Crippen LogP contribution < -0.4 is 20.5 Å². The second kappa shape index (κ2) is 9.11. The van der Waals surface area contributed by atoms with Gasteiger partial charge < -0.3 is 10.4 Å². The van der Waals surface area contributed by atoms with Gasteiger partial charge in [0.25, 0.3) is 0 Å². The lowest BCUT2D eigenvalue weighted by molar-refractivity contribution is 0.0696. The molecule has 1 aromatic heterocycles. The van der Waals surface area contributed by atoms with Crippen LogP contribution in [0.15, 0.2) is 65.7 Å². The number of aromatic nitrogens is 1. The zero-order chi connectivity index (χ0) is 22.8. The van der Waals surface area contributed by atoms with E-state index in [4.69, 9.17) is 28.9 Å². The molecule has 0 spiro atoms. The molecule has 2 aromatic carbocycles. The van der Waals surface area contributed by atoms with Crippen LogP contribution in [0, 0.1) is 0 Å². The highest BCUT2D eigenvalue weighted by molar-refractivity contribution is 7.86. The number of hydrazine groups is 1. The third-order valence-electron chi connectivity index (χ3n) is 4.91. The van der Waals surface area contributed by atoms with Gasteiger partial charge >= 0.3 is 5.97 Å². The van der Waals surface area contributed by atoms with Crippen LogP contribution in [-0.4, -0.2) is 32.4 Å². The zero-order valence-electron chi connectivity index (χ0n) is 16.7. The number of rotatable bonds is 4. The van der Waals surface area contributed by atoms with Crippen molar-refractivity contribution in [2.75, 3.05) is 16.8 Å². The highest BCUT2D eigenvalue weighted by Gasteiger charge is 2.30. The van der Waals surface area contributed by atoms with Crippen LogP contribution in [0.1, 0.15) is 27.5 Å². The monoisotopic (exact) mass is 487 g/mol. The number of nitrogens with zero attached hydrogens (tertiary/aromatic N) is 2. The molecule has 0 radical (unpaired) electrons. The summed E-state index contributed by atoms with van der Waals surface area (Å²) >= 11 is 11.6. The first kappa shape index (κ1) is 22.0. The number of aromatic carboxylic acids is 1. The number of hydrogen-bond donors (Lipinski definition) is 4. The Morgan fingerprint density at radius 3 is 2.59 bits per heavy atom. The van der Waals surface area contributed by atoms with E-state index in [0.717, 1.165) is 16.8 Å². The molecule has 1 aliphatic heterocycles. The van der Waals surface area contributed by atoms with Crippen LogP contribution in [0.3, 0.4) is 0 Å². The van der Waals surface area contributed by atoms with Crippen LogP contribution in [0.2, 0.25) is 5.02 Å². The maximum absolute atomic E-state index is 13.1. The molecule has 2 heterocycles. The molecule has 164 valence electrons. The Morgan fingerprint density at radius 2 is 1.88 bits per heavy atom. The Bertz CT molecular complexity index is 1240. The number of fused-ring (bicyclic) bond motifs is 2. The summed E-state index contributed by atoms with van der Waals surface area (Å²) in [6.45, 7) is 0. The number of carboxylic acids is 1. The van der Waals surface area contributed by atoms with E-state index in [1.807, 2.05) is 48.5 Å². The molecule has 4 rings (SSSR count). The van der Waals surface area contributed by atoms with Crippen molar-refractivity contribution in [2.45, 2.75) is 10.9 Å². The van der Waals surface area contributed by atoms with E-state index in [1.165, 1.54) is 12.3 Å². The van der Waals surface area contributed by atoms with Crippen molar-refractivity contribution in [3.63, 3.8) is 0 Å². The van der Waals surface area contributed by atoms with Crippen molar-refractivity contribution < 1.29 is 14.1 Å². The Kier molecular flexibility index (Phi) is 6.26. The summed E-state index contributed by atoms with van der Waals surface area (Å²) in [6.07, 6.45) is 1.19. The number of carbonyl (C=O) groups is 1. The Morgan fingerprint density at radius 1 is 1.19 bits per heavy atom. The molecule has 1 aliphatic rings. The van der Waals surface area contributed by atoms with Gasteiger partial charge in [0.05, 0.1) is 27.2 Å². The summed E-state index contributed by atoms with van der Waals surface area (Å²) in [5.41, 5.74) is 8.17. The molecule has 0 saturated heterocycles. The third-order valence-corrected chi connectivity index (χ3v) is 6.86.